The van der Waals surface area contributed by atoms with Gasteiger partial charge in [-0.05, 0) is 31.5 Å². The van der Waals surface area contributed by atoms with Gasteiger partial charge >= 0.3 is 11.9 Å². The Balaban J connectivity index is 2.14. The fraction of sp³-hybridized carbons (Fsp3) is 0.350. The van der Waals surface area contributed by atoms with Crippen molar-refractivity contribution < 1.29 is 33.3 Å². The minimum absolute atomic E-state index is 0.150. The van der Waals surface area contributed by atoms with Crippen molar-refractivity contribution >= 4 is 34.2 Å². The Bertz CT molecular complexity index is 891. The van der Waals surface area contributed by atoms with Crippen LogP contribution in [0, 0.1) is 0 Å². The topological polar surface area (TPSA) is 100 Å². The third kappa shape index (κ3) is 5.71. The molecule has 29 heavy (non-hydrogen) atoms. The zero-order chi connectivity index (χ0) is 21.4. The summed E-state index contributed by atoms with van der Waals surface area (Å²) in [5.74, 6) is -0.974. The summed E-state index contributed by atoms with van der Waals surface area (Å²) in [5, 5.41) is 3.07. The van der Waals surface area contributed by atoms with Gasteiger partial charge in [0.2, 0.25) is 0 Å². The van der Waals surface area contributed by atoms with E-state index < -0.39 is 17.8 Å². The number of anilines is 1. The number of esters is 2. The molecular formula is C20H23NO7S. The summed E-state index contributed by atoms with van der Waals surface area (Å²) in [6, 6.07) is 6.27. The van der Waals surface area contributed by atoms with Crippen LogP contribution in [0.25, 0.3) is 0 Å². The quantitative estimate of drug-likeness (QED) is 0.620. The number of carbonyl (C=O) groups excluding carboxylic acids is 3. The number of hydrogen-bond acceptors (Lipinski definition) is 8. The van der Waals surface area contributed by atoms with Crippen molar-refractivity contribution in [2.75, 3.05) is 32.8 Å². The van der Waals surface area contributed by atoms with Gasteiger partial charge in [-0.1, -0.05) is 6.92 Å². The van der Waals surface area contributed by atoms with Gasteiger partial charge in [-0.3, -0.25) is 4.79 Å². The van der Waals surface area contributed by atoms with Crippen LogP contribution >= 0.6 is 11.3 Å². The van der Waals surface area contributed by atoms with Crippen LogP contribution in [0.2, 0.25) is 0 Å². The van der Waals surface area contributed by atoms with Crippen molar-refractivity contribution in [3.8, 4) is 11.5 Å². The van der Waals surface area contributed by atoms with Gasteiger partial charge < -0.3 is 24.3 Å². The van der Waals surface area contributed by atoms with Gasteiger partial charge in [0.05, 0.1) is 26.4 Å². The van der Waals surface area contributed by atoms with E-state index in [2.05, 4.69) is 5.32 Å². The van der Waals surface area contributed by atoms with Crippen molar-refractivity contribution in [2.45, 2.75) is 20.3 Å². The average Bonchev–Trinajstić information content (AvgIpc) is 3.14. The molecule has 1 aromatic carbocycles. The van der Waals surface area contributed by atoms with Crippen LogP contribution in [-0.4, -0.2) is 45.3 Å². The Labute approximate surface area is 172 Å². The van der Waals surface area contributed by atoms with Gasteiger partial charge in [0.1, 0.15) is 22.1 Å². The summed E-state index contributed by atoms with van der Waals surface area (Å²) < 4.78 is 20.4. The van der Waals surface area contributed by atoms with Gasteiger partial charge in [0.15, 0.2) is 6.61 Å². The Kier molecular flexibility index (Phi) is 8.02. The largest absolute Gasteiger partial charge is 0.497 e. The summed E-state index contributed by atoms with van der Waals surface area (Å²) in [6.07, 6.45) is 0.718. The van der Waals surface area contributed by atoms with Crippen molar-refractivity contribution in [2.24, 2.45) is 0 Å². The zero-order valence-corrected chi connectivity index (χ0v) is 17.5. The molecule has 0 saturated heterocycles. The molecule has 0 atom stereocenters. The number of rotatable bonds is 9. The molecule has 156 valence electrons. The average molecular weight is 421 g/mol. The molecule has 0 unspecified atom stereocenters. The molecular weight excluding hydrogens is 398 g/mol. The first kappa shape index (κ1) is 22.2. The van der Waals surface area contributed by atoms with Gasteiger partial charge in [-0.2, -0.15) is 0 Å². The first-order valence-electron chi connectivity index (χ1n) is 8.92. The number of thiophene rings is 1. The van der Waals surface area contributed by atoms with E-state index in [4.69, 9.17) is 18.9 Å². The standard InChI is InChI=1S/C20H23NO7S/c1-5-13-10-15(20(24)27-6-2)18(29-13)21-17(22)11-28-16-9-12(25-3)7-8-14(16)19(23)26-4/h7-10H,5-6,11H2,1-4H3,(H,21,22). The molecule has 1 aromatic heterocycles. The highest BCUT2D eigenvalue weighted by atomic mass is 32.1. The van der Waals surface area contributed by atoms with E-state index >= 15 is 0 Å². The van der Waals surface area contributed by atoms with Crippen LogP contribution in [0.4, 0.5) is 5.00 Å². The lowest BCUT2D eigenvalue weighted by molar-refractivity contribution is -0.118. The highest BCUT2D eigenvalue weighted by Crippen LogP contribution is 2.30. The lowest BCUT2D eigenvalue weighted by Crippen LogP contribution is -2.21. The normalized spacial score (nSPS) is 10.2. The van der Waals surface area contributed by atoms with Crippen molar-refractivity contribution in [3.05, 3.63) is 40.3 Å². The summed E-state index contributed by atoms with van der Waals surface area (Å²) >= 11 is 1.30. The maximum atomic E-state index is 12.4. The lowest BCUT2D eigenvalue weighted by atomic mass is 10.2. The van der Waals surface area contributed by atoms with E-state index in [1.54, 1.807) is 19.1 Å². The van der Waals surface area contributed by atoms with Gasteiger partial charge in [0, 0.05) is 10.9 Å². The maximum absolute atomic E-state index is 12.4. The number of methoxy groups -OCH3 is 2. The van der Waals surface area contributed by atoms with Crippen LogP contribution in [0.1, 0.15) is 39.4 Å². The molecule has 9 heteroatoms. The van der Waals surface area contributed by atoms with E-state index in [-0.39, 0.29) is 24.5 Å². The van der Waals surface area contributed by atoms with Crippen LogP contribution < -0.4 is 14.8 Å². The van der Waals surface area contributed by atoms with Crippen LogP contribution in [-0.2, 0) is 20.7 Å². The fourth-order valence-electron chi connectivity index (χ4n) is 2.40. The van der Waals surface area contributed by atoms with Gasteiger partial charge in [-0.15, -0.1) is 11.3 Å². The minimum atomic E-state index is -0.599. The second-order valence-electron chi connectivity index (χ2n) is 5.72. The van der Waals surface area contributed by atoms with Crippen molar-refractivity contribution in [3.63, 3.8) is 0 Å². The number of aryl methyl sites for hydroxylation is 1. The number of nitrogens with one attached hydrogen (secondary N) is 1. The second-order valence-corrected chi connectivity index (χ2v) is 6.86. The number of carbonyl (C=O) groups is 3. The molecule has 8 nitrogen and oxygen atoms in total. The number of benzene rings is 1. The summed E-state index contributed by atoms with van der Waals surface area (Å²) in [6.45, 7) is 3.52. The van der Waals surface area contributed by atoms with Crippen molar-refractivity contribution in [1.82, 2.24) is 0 Å². The number of amides is 1. The molecule has 2 aromatic rings. The Morgan fingerprint density at radius 2 is 1.79 bits per heavy atom. The van der Waals surface area contributed by atoms with Crippen LogP contribution in [0.3, 0.4) is 0 Å². The van der Waals surface area contributed by atoms with E-state index in [0.29, 0.717) is 16.3 Å². The predicted molar refractivity (Wildman–Crippen MR) is 108 cm³/mol. The summed E-state index contributed by atoms with van der Waals surface area (Å²) in [5.41, 5.74) is 0.469. The lowest BCUT2D eigenvalue weighted by Gasteiger charge is -2.12. The molecule has 1 N–H and O–H groups in total. The van der Waals surface area contributed by atoms with Crippen LogP contribution in [0.15, 0.2) is 24.3 Å². The second kappa shape index (κ2) is 10.5. The highest BCUT2D eigenvalue weighted by Gasteiger charge is 2.20. The van der Waals surface area contributed by atoms with E-state index in [1.165, 1.54) is 37.7 Å². The Morgan fingerprint density at radius 1 is 1.03 bits per heavy atom. The van der Waals surface area contributed by atoms with E-state index in [0.717, 1.165) is 11.3 Å². The monoisotopic (exact) mass is 421 g/mol. The molecule has 0 spiro atoms. The number of ether oxygens (including phenoxy) is 4. The molecule has 2 rings (SSSR count). The van der Waals surface area contributed by atoms with Crippen LogP contribution in [0.5, 0.6) is 11.5 Å². The molecule has 0 aliphatic rings. The maximum Gasteiger partial charge on any atom is 0.341 e. The third-order valence-corrected chi connectivity index (χ3v) is 5.03. The number of hydrogen-bond donors (Lipinski definition) is 1. The zero-order valence-electron chi connectivity index (χ0n) is 16.7. The Morgan fingerprint density at radius 3 is 2.41 bits per heavy atom. The smallest absolute Gasteiger partial charge is 0.341 e. The molecule has 0 aliphatic heterocycles. The molecule has 1 heterocycles. The molecule has 0 bridgehead atoms. The fourth-order valence-corrected chi connectivity index (χ4v) is 3.40. The van der Waals surface area contributed by atoms with Crippen molar-refractivity contribution in [1.29, 1.82) is 0 Å². The van der Waals surface area contributed by atoms with Gasteiger partial charge in [0.25, 0.3) is 5.91 Å². The van der Waals surface area contributed by atoms with E-state index in [9.17, 15) is 14.4 Å². The minimum Gasteiger partial charge on any atom is -0.497 e. The predicted octanol–water partition coefficient (Wildman–Crippen LogP) is 3.30. The summed E-state index contributed by atoms with van der Waals surface area (Å²) in [7, 11) is 2.73. The molecule has 0 saturated carbocycles. The SMILES string of the molecule is CCOC(=O)c1cc(CC)sc1NC(=O)COc1cc(OC)ccc1C(=O)OC. The molecule has 0 aliphatic carbocycles. The Hall–Kier alpha value is -3.07. The highest BCUT2D eigenvalue weighted by molar-refractivity contribution is 7.16. The third-order valence-electron chi connectivity index (χ3n) is 3.83. The summed E-state index contributed by atoms with van der Waals surface area (Å²) in [4.78, 5) is 37.3. The molecule has 1 amide bonds. The van der Waals surface area contributed by atoms with Gasteiger partial charge in [-0.25, -0.2) is 9.59 Å². The van der Waals surface area contributed by atoms with E-state index in [1.807, 2.05) is 6.92 Å². The molecule has 0 radical (unpaired) electrons. The first-order valence-corrected chi connectivity index (χ1v) is 9.73. The first-order chi connectivity index (χ1) is 13.9. The molecule has 0 fully saturated rings.